The highest BCUT2D eigenvalue weighted by Crippen LogP contribution is 2.26. The molecule has 3 aromatic rings. The van der Waals surface area contributed by atoms with Crippen molar-refractivity contribution in [1.82, 2.24) is 9.88 Å². The molecule has 0 aliphatic rings. The average Bonchev–Trinajstić information content (AvgIpc) is 2.61. The third kappa shape index (κ3) is 4.17. The van der Waals surface area contributed by atoms with Crippen LogP contribution >= 0.6 is 0 Å². The number of rotatable bonds is 4. The first-order valence-corrected chi connectivity index (χ1v) is 10.5. The molecule has 6 heteroatoms. The van der Waals surface area contributed by atoms with Crippen LogP contribution in [-0.4, -0.2) is 44.6 Å². The molecule has 0 N–H and O–H groups in total. The third-order valence-electron chi connectivity index (χ3n) is 4.51. The number of carbonyl (C=O) groups is 1. The van der Waals surface area contributed by atoms with Gasteiger partial charge in [-0.15, -0.1) is 0 Å². The van der Waals surface area contributed by atoms with Crippen LogP contribution in [0.5, 0.6) is 0 Å². The van der Waals surface area contributed by atoms with E-state index in [-0.39, 0.29) is 5.91 Å². The van der Waals surface area contributed by atoms with Gasteiger partial charge in [-0.2, -0.15) is 0 Å². The van der Waals surface area contributed by atoms with E-state index in [1.165, 1.54) is 6.26 Å². The summed E-state index contributed by atoms with van der Waals surface area (Å²) in [6, 6.07) is 14.6. The van der Waals surface area contributed by atoms with Crippen molar-refractivity contribution in [3.63, 3.8) is 0 Å². The second kappa shape index (κ2) is 7.12. The van der Waals surface area contributed by atoms with Crippen LogP contribution in [0.4, 0.5) is 0 Å². The van der Waals surface area contributed by atoms with E-state index in [9.17, 15) is 13.2 Å². The van der Waals surface area contributed by atoms with Crippen LogP contribution in [0.1, 0.15) is 11.1 Å². The molecular weight excluding hydrogens is 360 g/mol. The van der Waals surface area contributed by atoms with Crippen molar-refractivity contribution in [3.05, 3.63) is 59.7 Å². The summed E-state index contributed by atoms with van der Waals surface area (Å²) in [5, 5.41) is 1.01. The molecule has 0 atom stereocenters. The first kappa shape index (κ1) is 19.0. The van der Waals surface area contributed by atoms with Gasteiger partial charge in [0.1, 0.15) is 0 Å². The summed E-state index contributed by atoms with van der Waals surface area (Å²) >= 11 is 0. The quantitative estimate of drug-likeness (QED) is 0.695. The van der Waals surface area contributed by atoms with Crippen molar-refractivity contribution in [1.29, 1.82) is 0 Å². The number of aryl methyl sites for hydroxylation is 1. The van der Waals surface area contributed by atoms with E-state index < -0.39 is 9.84 Å². The summed E-state index contributed by atoms with van der Waals surface area (Å²) in [7, 11) is 0.278. The maximum absolute atomic E-state index is 11.9. The number of hydrogen-bond donors (Lipinski definition) is 0. The second-order valence-electron chi connectivity index (χ2n) is 6.94. The molecule has 0 fully saturated rings. The maximum Gasteiger partial charge on any atom is 0.226 e. The largest absolute Gasteiger partial charge is 0.349 e. The Morgan fingerprint density at radius 3 is 2.30 bits per heavy atom. The predicted molar refractivity (Wildman–Crippen MR) is 107 cm³/mol. The second-order valence-corrected chi connectivity index (χ2v) is 8.95. The zero-order valence-corrected chi connectivity index (χ0v) is 16.7. The van der Waals surface area contributed by atoms with Gasteiger partial charge in [0.15, 0.2) is 9.84 Å². The molecule has 0 spiro atoms. The topological polar surface area (TPSA) is 67.3 Å². The lowest BCUT2D eigenvalue weighted by atomic mass is 10.0. The highest BCUT2D eigenvalue weighted by Gasteiger charge is 2.11. The van der Waals surface area contributed by atoms with E-state index in [2.05, 4.69) is 0 Å². The van der Waals surface area contributed by atoms with E-state index in [1.54, 1.807) is 43.3 Å². The van der Waals surface area contributed by atoms with Crippen molar-refractivity contribution in [2.24, 2.45) is 0 Å². The number of fused-ring (bicyclic) bond motifs is 1. The van der Waals surface area contributed by atoms with E-state index in [0.717, 1.165) is 33.3 Å². The maximum atomic E-state index is 11.9. The standard InChI is InChI=1S/C21H22N2O3S/c1-14-11-20(16-6-8-17(9-7-16)27(4,25)26)22-19-10-5-15(12-18(14)19)13-21(24)23(2)3/h5-12H,13H2,1-4H3. The molecule has 1 amide bonds. The first-order valence-electron chi connectivity index (χ1n) is 8.56. The summed E-state index contributed by atoms with van der Waals surface area (Å²) in [5.74, 6) is 0.0579. The monoisotopic (exact) mass is 382 g/mol. The Morgan fingerprint density at radius 2 is 1.70 bits per heavy atom. The van der Waals surface area contributed by atoms with Gasteiger partial charge in [-0.3, -0.25) is 4.79 Å². The minimum atomic E-state index is -3.22. The van der Waals surface area contributed by atoms with Crippen molar-refractivity contribution >= 4 is 26.6 Å². The van der Waals surface area contributed by atoms with Gasteiger partial charge in [0.2, 0.25) is 5.91 Å². The molecule has 27 heavy (non-hydrogen) atoms. The zero-order chi connectivity index (χ0) is 19.8. The minimum Gasteiger partial charge on any atom is -0.349 e. The molecule has 0 saturated heterocycles. The van der Waals surface area contributed by atoms with Gasteiger partial charge in [-0.25, -0.2) is 13.4 Å². The number of hydrogen-bond acceptors (Lipinski definition) is 4. The zero-order valence-electron chi connectivity index (χ0n) is 15.9. The smallest absolute Gasteiger partial charge is 0.226 e. The van der Waals surface area contributed by atoms with E-state index in [0.29, 0.717) is 11.3 Å². The fourth-order valence-electron chi connectivity index (χ4n) is 2.90. The number of pyridine rings is 1. The summed E-state index contributed by atoms with van der Waals surface area (Å²) in [6.45, 7) is 2.01. The molecule has 5 nitrogen and oxygen atoms in total. The molecule has 1 heterocycles. The lowest BCUT2D eigenvalue weighted by Crippen LogP contribution is -2.23. The number of carbonyl (C=O) groups excluding carboxylic acids is 1. The number of benzene rings is 2. The first-order chi connectivity index (χ1) is 12.6. The Labute approximate surface area is 159 Å². The lowest BCUT2D eigenvalue weighted by Gasteiger charge is -2.12. The highest BCUT2D eigenvalue weighted by atomic mass is 32.2. The van der Waals surface area contributed by atoms with Crippen molar-refractivity contribution in [3.8, 4) is 11.3 Å². The van der Waals surface area contributed by atoms with Crippen molar-refractivity contribution in [2.75, 3.05) is 20.4 Å². The molecule has 1 aromatic heterocycles. The molecule has 0 unspecified atom stereocenters. The molecule has 0 saturated carbocycles. The Bertz CT molecular complexity index is 1120. The van der Waals surface area contributed by atoms with Crippen LogP contribution in [0.25, 0.3) is 22.2 Å². The molecule has 0 radical (unpaired) electrons. The normalized spacial score (nSPS) is 11.6. The number of likely N-dealkylation sites (N-methyl/N-ethyl adjacent to an activating group) is 1. The van der Waals surface area contributed by atoms with Crippen molar-refractivity contribution in [2.45, 2.75) is 18.2 Å². The van der Waals surface area contributed by atoms with E-state index in [1.807, 2.05) is 31.2 Å². The molecule has 140 valence electrons. The van der Waals surface area contributed by atoms with E-state index in [4.69, 9.17) is 4.98 Å². The van der Waals surface area contributed by atoms with Crippen LogP contribution in [-0.2, 0) is 21.1 Å². The number of nitrogens with zero attached hydrogens (tertiary/aromatic N) is 2. The summed E-state index contributed by atoms with van der Waals surface area (Å²) in [4.78, 5) is 18.5. The van der Waals surface area contributed by atoms with Gasteiger partial charge in [0.05, 0.1) is 22.5 Å². The average molecular weight is 382 g/mol. The number of amides is 1. The van der Waals surface area contributed by atoms with Crippen molar-refractivity contribution < 1.29 is 13.2 Å². The third-order valence-corrected chi connectivity index (χ3v) is 5.64. The molecule has 0 bridgehead atoms. The molecule has 3 rings (SSSR count). The summed E-state index contributed by atoms with van der Waals surface area (Å²) in [6.07, 6.45) is 1.55. The Hall–Kier alpha value is -2.73. The Kier molecular flexibility index (Phi) is 5.02. The van der Waals surface area contributed by atoms with Crippen LogP contribution in [0, 0.1) is 6.92 Å². The van der Waals surface area contributed by atoms with Crippen LogP contribution in [0.2, 0.25) is 0 Å². The van der Waals surface area contributed by atoms with Gasteiger partial charge in [0, 0.05) is 31.3 Å². The van der Waals surface area contributed by atoms with Gasteiger partial charge in [0.25, 0.3) is 0 Å². The minimum absolute atomic E-state index is 0.0579. The van der Waals surface area contributed by atoms with Crippen LogP contribution < -0.4 is 0 Å². The molecule has 2 aromatic carbocycles. The fourth-order valence-corrected chi connectivity index (χ4v) is 3.54. The van der Waals surface area contributed by atoms with Gasteiger partial charge >= 0.3 is 0 Å². The number of aromatic nitrogens is 1. The highest BCUT2D eigenvalue weighted by molar-refractivity contribution is 7.90. The molecule has 0 aliphatic heterocycles. The molecular formula is C21H22N2O3S. The van der Waals surface area contributed by atoms with Gasteiger partial charge in [-0.1, -0.05) is 18.2 Å². The van der Waals surface area contributed by atoms with Gasteiger partial charge in [-0.05, 0) is 48.4 Å². The van der Waals surface area contributed by atoms with E-state index >= 15 is 0 Å². The number of sulfone groups is 1. The van der Waals surface area contributed by atoms with Crippen LogP contribution in [0.3, 0.4) is 0 Å². The Morgan fingerprint density at radius 1 is 1.04 bits per heavy atom. The lowest BCUT2D eigenvalue weighted by molar-refractivity contribution is -0.127. The predicted octanol–water partition coefficient (Wildman–Crippen LogP) is 3.24. The SMILES string of the molecule is Cc1cc(-c2ccc(S(C)(=O)=O)cc2)nc2ccc(CC(=O)N(C)C)cc12. The van der Waals surface area contributed by atoms with Crippen LogP contribution in [0.15, 0.2) is 53.4 Å². The fraction of sp³-hybridized carbons (Fsp3) is 0.238. The summed E-state index contributed by atoms with van der Waals surface area (Å²) in [5.41, 5.74) is 4.51. The Balaban J connectivity index is 1.99. The summed E-state index contributed by atoms with van der Waals surface area (Å²) < 4.78 is 23.2. The molecule has 0 aliphatic carbocycles. The van der Waals surface area contributed by atoms with Gasteiger partial charge < -0.3 is 4.90 Å².